The van der Waals surface area contributed by atoms with E-state index in [1.807, 2.05) is 20.0 Å². The third-order valence-electron chi connectivity index (χ3n) is 3.58. The van der Waals surface area contributed by atoms with Gasteiger partial charge in [-0.25, -0.2) is 0 Å². The standard InChI is InChI=1S/C16H19Cl2N3O/c1-4-5-14(11-6-7-12(17)13(18)9-11)19-16(22)15-8-10(2)21(3)20-15/h6-9,14H,4-5H2,1-3H3,(H,19,22). The molecular formula is C16H19Cl2N3O. The number of carbonyl (C=O) groups is 1. The average Bonchev–Trinajstić information content (AvgIpc) is 2.81. The molecule has 1 atom stereocenters. The zero-order valence-corrected chi connectivity index (χ0v) is 14.4. The summed E-state index contributed by atoms with van der Waals surface area (Å²) >= 11 is 12.0. The highest BCUT2D eigenvalue weighted by molar-refractivity contribution is 6.42. The summed E-state index contributed by atoms with van der Waals surface area (Å²) in [6.45, 7) is 3.98. The van der Waals surface area contributed by atoms with Gasteiger partial charge in [-0.2, -0.15) is 5.10 Å². The highest BCUT2D eigenvalue weighted by Crippen LogP contribution is 2.27. The second-order valence-corrected chi connectivity index (χ2v) is 6.10. The van der Waals surface area contributed by atoms with Crippen molar-refractivity contribution in [3.8, 4) is 0 Å². The summed E-state index contributed by atoms with van der Waals surface area (Å²) in [6.07, 6.45) is 1.75. The average molecular weight is 340 g/mol. The van der Waals surface area contributed by atoms with Gasteiger partial charge in [0.15, 0.2) is 0 Å². The Morgan fingerprint density at radius 2 is 2.05 bits per heavy atom. The summed E-state index contributed by atoms with van der Waals surface area (Å²) < 4.78 is 1.68. The topological polar surface area (TPSA) is 46.9 Å². The van der Waals surface area contributed by atoms with Crippen LogP contribution in [0.5, 0.6) is 0 Å². The minimum Gasteiger partial charge on any atom is -0.344 e. The molecular weight excluding hydrogens is 321 g/mol. The summed E-state index contributed by atoms with van der Waals surface area (Å²) in [5.41, 5.74) is 2.30. The molecule has 1 unspecified atom stereocenters. The molecule has 1 amide bonds. The van der Waals surface area contributed by atoms with Crippen LogP contribution in [-0.4, -0.2) is 15.7 Å². The van der Waals surface area contributed by atoms with Crippen molar-refractivity contribution in [3.05, 3.63) is 51.3 Å². The number of hydrogen-bond acceptors (Lipinski definition) is 2. The Kier molecular flexibility index (Phi) is 5.48. The molecule has 1 N–H and O–H groups in total. The van der Waals surface area contributed by atoms with E-state index in [4.69, 9.17) is 23.2 Å². The molecule has 6 heteroatoms. The number of nitrogens with zero attached hydrogens (tertiary/aromatic N) is 2. The first kappa shape index (κ1) is 16.8. The van der Waals surface area contributed by atoms with Crippen LogP contribution in [0.15, 0.2) is 24.3 Å². The lowest BCUT2D eigenvalue weighted by Crippen LogP contribution is -2.29. The molecule has 2 aromatic rings. The van der Waals surface area contributed by atoms with Gasteiger partial charge < -0.3 is 5.32 Å². The predicted molar refractivity (Wildman–Crippen MR) is 89.5 cm³/mol. The summed E-state index contributed by atoms with van der Waals surface area (Å²) in [5.74, 6) is -0.187. The van der Waals surface area contributed by atoms with E-state index < -0.39 is 0 Å². The Hall–Kier alpha value is -1.52. The largest absolute Gasteiger partial charge is 0.344 e. The number of hydrogen-bond donors (Lipinski definition) is 1. The van der Waals surface area contributed by atoms with Crippen LogP contribution in [0.3, 0.4) is 0 Å². The van der Waals surface area contributed by atoms with E-state index in [1.54, 1.807) is 22.9 Å². The van der Waals surface area contributed by atoms with Crippen LogP contribution in [-0.2, 0) is 7.05 Å². The fourth-order valence-corrected chi connectivity index (χ4v) is 2.55. The summed E-state index contributed by atoms with van der Waals surface area (Å²) in [4.78, 5) is 12.4. The molecule has 4 nitrogen and oxygen atoms in total. The van der Waals surface area contributed by atoms with Gasteiger partial charge in [-0.05, 0) is 37.1 Å². The Bertz CT molecular complexity index is 663. The first-order valence-corrected chi connectivity index (χ1v) is 7.94. The lowest BCUT2D eigenvalue weighted by Gasteiger charge is -2.18. The molecule has 0 aliphatic heterocycles. The van der Waals surface area contributed by atoms with E-state index in [0.717, 1.165) is 24.1 Å². The number of benzene rings is 1. The van der Waals surface area contributed by atoms with Crippen molar-refractivity contribution in [2.24, 2.45) is 7.05 Å². The van der Waals surface area contributed by atoms with E-state index >= 15 is 0 Å². The number of aryl methyl sites for hydroxylation is 2. The van der Waals surface area contributed by atoms with E-state index in [1.165, 1.54) is 0 Å². The zero-order valence-electron chi connectivity index (χ0n) is 12.9. The van der Waals surface area contributed by atoms with Gasteiger partial charge in [0.25, 0.3) is 5.91 Å². The summed E-state index contributed by atoms with van der Waals surface area (Å²) in [7, 11) is 1.81. The number of amides is 1. The monoisotopic (exact) mass is 339 g/mol. The molecule has 0 fully saturated rings. The van der Waals surface area contributed by atoms with Crippen molar-refractivity contribution in [3.63, 3.8) is 0 Å². The van der Waals surface area contributed by atoms with Gasteiger partial charge in [0.2, 0.25) is 0 Å². The molecule has 22 heavy (non-hydrogen) atoms. The molecule has 0 bridgehead atoms. The van der Waals surface area contributed by atoms with Gasteiger partial charge in [0.05, 0.1) is 16.1 Å². The zero-order chi connectivity index (χ0) is 16.3. The van der Waals surface area contributed by atoms with E-state index in [2.05, 4.69) is 17.3 Å². The van der Waals surface area contributed by atoms with E-state index in [-0.39, 0.29) is 11.9 Å². The first-order chi connectivity index (χ1) is 10.4. The normalized spacial score (nSPS) is 12.2. The van der Waals surface area contributed by atoms with E-state index in [9.17, 15) is 4.79 Å². The Balaban J connectivity index is 2.20. The van der Waals surface area contributed by atoms with Crippen LogP contribution in [0.4, 0.5) is 0 Å². The maximum Gasteiger partial charge on any atom is 0.272 e. The maximum atomic E-state index is 12.4. The Morgan fingerprint density at radius 3 is 2.59 bits per heavy atom. The third-order valence-corrected chi connectivity index (χ3v) is 4.31. The second-order valence-electron chi connectivity index (χ2n) is 5.28. The Morgan fingerprint density at radius 1 is 1.32 bits per heavy atom. The van der Waals surface area contributed by atoms with Crippen LogP contribution in [0.2, 0.25) is 10.0 Å². The first-order valence-electron chi connectivity index (χ1n) is 7.18. The SMILES string of the molecule is CCCC(NC(=O)c1cc(C)n(C)n1)c1ccc(Cl)c(Cl)c1. The molecule has 2 rings (SSSR count). The highest BCUT2D eigenvalue weighted by Gasteiger charge is 2.18. The fraction of sp³-hybridized carbons (Fsp3) is 0.375. The molecule has 1 heterocycles. The fourth-order valence-electron chi connectivity index (χ4n) is 2.24. The van der Waals surface area contributed by atoms with Crippen LogP contribution < -0.4 is 5.32 Å². The number of nitrogens with one attached hydrogen (secondary N) is 1. The number of aromatic nitrogens is 2. The van der Waals surface area contributed by atoms with Crippen LogP contribution in [0, 0.1) is 6.92 Å². The number of halogens is 2. The predicted octanol–water partition coefficient (Wildman–Crippen LogP) is 4.31. The quantitative estimate of drug-likeness (QED) is 0.882. The minimum atomic E-state index is -0.187. The van der Waals surface area contributed by atoms with Gasteiger partial charge in [0, 0.05) is 12.7 Å². The molecule has 0 saturated carbocycles. The smallest absolute Gasteiger partial charge is 0.272 e. The molecule has 0 radical (unpaired) electrons. The molecule has 1 aromatic heterocycles. The third kappa shape index (κ3) is 3.81. The molecule has 1 aromatic carbocycles. The summed E-state index contributed by atoms with van der Waals surface area (Å²) in [5, 5.41) is 8.22. The van der Waals surface area contributed by atoms with Gasteiger partial charge in [-0.15, -0.1) is 0 Å². The van der Waals surface area contributed by atoms with Crippen molar-refractivity contribution < 1.29 is 4.79 Å². The van der Waals surface area contributed by atoms with Gasteiger partial charge in [0.1, 0.15) is 5.69 Å². The van der Waals surface area contributed by atoms with Crippen LogP contribution >= 0.6 is 23.2 Å². The summed E-state index contributed by atoms with van der Waals surface area (Å²) in [6, 6.07) is 7.09. The molecule has 0 aliphatic rings. The van der Waals surface area contributed by atoms with Crippen LogP contribution in [0.1, 0.15) is 47.6 Å². The van der Waals surface area contributed by atoms with Crippen LogP contribution in [0.25, 0.3) is 0 Å². The molecule has 118 valence electrons. The van der Waals surface area contributed by atoms with Gasteiger partial charge in [-0.1, -0.05) is 42.6 Å². The lowest BCUT2D eigenvalue weighted by atomic mass is 10.0. The highest BCUT2D eigenvalue weighted by atomic mass is 35.5. The van der Waals surface area contributed by atoms with Crippen molar-refractivity contribution in [1.29, 1.82) is 0 Å². The van der Waals surface area contributed by atoms with Crippen molar-refractivity contribution >= 4 is 29.1 Å². The second kappa shape index (κ2) is 7.16. The molecule has 0 aliphatic carbocycles. The van der Waals surface area contributed by atoms with Crippen molar-refractivity contribution in [2.45, 2.75) is 32.7 Å². The number of rotatable bonds is 5. The minimum absolute atomic E-state index is 0.116. The lowest BCUT2D eigenvalue weighted by molar-refractivity contribution is 0.0928. The van der Waals surface area contributed by atoms with Gasteiger partial charge in [-0.3, -0.25) is 9.48 Å². The van der Waals surface area contributed by atoms with Gasteiger partial charge >= 0.3 is 0 Å². The molecule has 0 saturated heterocycles. The molecule has 0 spiro atoms. The van der Waals surface area contributed by atoms with Crippen molar-refractivity contribution in [2.75, 3.05) is 0 Å². The maximum absolute atomic E-state index is 12.4. The Labute approximate surface area is 140 Å². The number of carbonyl (C=O) groups excluding carboxylic acids is 1. The van der Waals surface area contributed by atoms with Crippen molar-refractivity contribution in [1.82, 2.24) is 15.1 Å². The van der Waals surface area contributed by atoms with E-state index in [0.29, 0.717) is 15.7 Å².